The van der Waals surface area contributed by atoms with E-state index in [1.54, 1.807) is 12.1 Å². The minimum Gasteiger partial charge on any atom is -0.508 e. The van der Waals surface area contributed by atoms with Crippen LogP contribution in [-0.2, 0) is 12.3 Å². The van der Waals surface area contributed by atoms with E-state index in [1.165, 1.54) is 22.3 Å². The number of aromatic hydroxyl groups is 2. The van der Waals surface area contributed by atoms with E-state index in [9.17, 15) is 10.2 Å². The van der Waals surface area contributed by atoms with Gasteiger partial charge < -0.3 is 10.2 Å². The summed E-state index contributed by atoms with van der Waals surface area (Å²) in [7, 11) is 0. The SMILES string of the molecule is Oc1cc(CP(Br)CC(c2ccccc2)c2ccccc2)c(O)cc1CP(Br)CC(c1ccccc1)c1ccccc1. The quantitative estimate of drug-likeness (QED) is 0.0995. The second kappa shape index (κ2) is 15.3. The molecule has 0 aliphatic rings. The van der Waals surface area contributed by atoms with Gasteiger partial charge in [-0.1, -0.05) is 152 Å². The van der Waals surface area contributed by atoms with Crippen LogP contribution in [0.4, 0.5) is 0 Å². The van der Waals surface area contributed by atoms with Crippen molar-refractivity contribution in [3.05, 3.63) is 167 Å². The van der Waals surface area contributed by atoms with E-state index < -0.39 is 13.2 Å². The minimum absolute atomic E-state index is 0.254. The van der Waals surface area contributed by atoms with Gasteiger partial charge in [0.15, 0.2) is 0 Å². The molecule has 5 rings (SSSR count). The normalized spacial score (nSPS) is 12.9. The molecule has 42 heavy (non-hydrogen) atoms. The van der Waals surface area contributed by atoms with E-state index in [0.29, 0.717) is 12.3 Å². The van der Waals surface area contributed by atoms with Crippen LogP contribution in [0, 0.1) is 0 Å². The third-order valence-corrected chi connectivity index (χ3v) is 13.7. The van der Waals surface area contributed by atoms with E-state index >= 15 is 0 Å². The maximum Gasteiger partial charge on any atom is 0.119 e. The lowest BCUT2D eigenvalue weighted by atomic mass is 9.93. The fraction of sp³-hybridized carbons (Fsp3) is 0.167. The summed E-state index contributed by atoms with van der Waals surface area (Å²) in [5, 5.41) is 22.1. The zero-order valence-electron chi connectivity index (χ0n) is 23.2. The van der Waals surface area contributed by atoms with Crippen molar-refractivity contribution in [3.8, 4) is 11.5 Å². The summed E-state index contributed by atoms with van der Waals surface area (Å²) in [5.41, 5.74) is 6.70. The molecule has 0 saturated carbocycles. The van der Waals surface area contributed by atoms with Crippen LogP contribution in [-0.4, -0.2) is 22.5 Å². The van der Waals surface area contributed by atoms with Crippen LogP contribution in [0.15, 0.2) is 133 Å². The second-order valence-electron chi connectivity index (χ2n) is 10.5. The molecule has 0 aliphatic heterocycles. The fourth-order valence-electron chi connectivity index (χ4n) is 5.36. The fourth-order valence-corrected chi connectivity index (χ4v) is 11.9. The molecule has 2 N–H and O–H groups in total. The zero-order chi connectivity index (χ0) is 29.3. The van der Waals surface area contributed by atoms with Crippen molar-refractivity contribution in [3.63, 3.8) is 0 Å². The topological polar surface area (TPSA) is 40.5 Å². The number of rotatable bonds is 12. The predicted molar refractivity (Wildman–Crippen MR) is 188 cm³/mol. The van der Waals surface area contributed by atoms with Gasteiger partial charge in [-0.3, -0.25) is 0 Å². The Morgan fingerprint density at radius 1 is 0.452 bits per heavy atom. The van der Waals surface area contributed by atoms with Gasteiger partial charge in [0, 0.05) is 35.3 Å². The van der Waals surface area contributed by atoms with Crippen LogP contribution in [0.1, 0.15) is 45.2 Å². The van der Waals surface area contributed by atoms with Gasteiger partial charge >= 0.3 is 0 Å². The Hall–Kier alpha value is -2.48. The van der Waals surface area contributed by atoms with Gasteiger partial charge in [0.05, 0.1) is 0 Å². The van der Waals surface area contributed by atoms with Gasteiger partial charge in [0.25, 0.3) is 0 Å². The number of phenols is 2. The Morgan fingerprint density at radius 2 is 0.714 bits per heavy atom. The van der Waals surface area contributed by atoms with Crippen LogP contribution in [0.3, 0.4) is 0 Å². The van der Waals surface area contributed by atoms with Gasteiger partial charge in [-0.2, -0.15) is 0 Å². The van der Waals surface area contributed by atoms with E-state index in [2.05, 4.69) is 128 Å². The molecule has 0 spiro atoms. The first-order valence-electron chi connectivity index (χ1n) is 14.0. The van der Waals surface area contributed by atoms with Crippen molar-refractivity contribution in [1.82, 2.24) is 0 Å². The van der Waals surface area contributed by atoms with E-state index in [1.807, 2.05) is 24.3 Å². The van der Waals surface area contributed by atoms with Crippen LogP contribution < -0.4 is 0 Å². The monoisotopic (exact) mass is 718 g/mol. The highest BCUT2D eigenvalue weighted by molar-refractivity contribution is 9.39. The second-order valence-corrected chi connectivity index (χ2v) is 19.7. The number of benzene rings is 5. The smallest absolute Gasteiger partial charge is 0.119 e. The maximum absolute atomic E-state index is 11.1. The summed E-state index contributed by atoms with van der Waals surface area (Å²) in [6.45, 7) is -1.25. The lowest BCUT2D eigenvalue weighted by Gasteiger charge is -2.23. The molecule has 0 heterocycles. The first-order valence-corrected chi connectivity index (χ1v) is 21.5. The number of halogens is 2. The third kappa shape index (κ3) is 8.33. The van der Waals surface area contributed by atoms with Crippen LogP contribution in [0.5, 0.6) is 11.5 Å². The summed E-state index contributed by atoms with van der Waals surface area (Å²) in [5.74, 6) is 1.02. The van der Waals surface area contributed by atoms with Crippen molar-refractivity contribution < 1.29 is 10.2 Å². The van der Waals surface area contributed by atoms with E-state index in [4.69, 9.17) is 0 Å². The molecule has 2 unspecified atom stereocenters. The highest BCUT2D eigenvalue weighted by atomic mass is 79.9. The van der Waals surface area contributed by atoms with Gasteiger partial charge in [-0.15, -0.1) is 0 Å². The predicted octanol–water partition coefficient (Wildman–Crippen LogP) is 11.3. The molecule has 0 aliphatic carbocycles. The minimum atomic E-state index is -0.626. The first kappa shape index (κ1) is 31.0. The molecule has 0 bridgehead atoms. The number of hydrogen-bond donors (Lipinski definition) is 2. The Kier molecular flexibility index (Phi) is 11.3. The van der Waals surface area contributed by atoms with Crippen molar-refractivity contribution >= 4 is 44.2 Å². The number of hydrogen-bond acceptors (Lipinski definition) is 2. The highest BCUT2D eigenvalue weighted by Gasteiger charge is 2.22. The molecule has 5 aromatic carbocycles. The Labute approximate surface area is 267 Å². The lowest BCUT2D eigenvalue weighted by Crippen LogP contribution is -2.05. The summed E-state index contributed by atoms with van der Waals surface area (Å²) < 4.78 is 0. The molecule has 2 nitrogen and oxygen atoms in total. The molecule has 0 radical (unpaired) electrons. The van der Waals surface area contributed by atoms with E-state index in [0.717, 1.165) is 23.5 Å². The van der Waals surface area contributed by atoms with Gasteiger partial charge in [0.2, 0.25) is 0 Å². The summed E-state index contributed by atoms with van der Waals surface area (Å²) >= 11 is 7.93. The average molecular weight is 720 g/mol. The molecular weight excluding hydrogens is 686 g/mol. The molecular formula is C36H34Br2O2P2. The molecule has 0 amide bonds. The Morgan fingerprint density at radius 3 is 0.976 bits per heavy atom. The van der Waals surface area contributed by atoms with Crippen LogP contribution in [0.25, 0.3) is 0 Å². The van der Waals surface area contributed by atoms with Gasteiger partial charge in [0.1, 0.15) is 11.5 Å². The summed E-state index contributed by atoms with van der Waals surface area (Å²) in [6.07, 6.45) is 3.22. The van der Waals surface area contributed by atoms with Gasteiger partial charge in [-0.25, -0.2) is 0 Å². The largest absolute Gasteiger partial charge is 0.508 e. The standard InChI is InChI=1S/C36H34Br2O2P2/c37-41(25-33(27-13-5-1-6-14-27)28-15-7-2-8-16-28)23-31-21-36(40)32(22-35(31)39)24-42(38)26-34(29-17-9-3-10-18-29)30-19-11-4-12-20-30/h1-22,33-34,39-40H,23-26H2. The Bertz CT molecular complexity index is 1340. The molecule has 0 aromatic heterocycles. The summed E-state index contributed by atoms with van der Waals surface area (Å²) in [6, 6.07) is 45.9. The van der Waals surface area contributed by atoms with Crippen molar-refractivity contribution in [2.24, 2.45) is 0 Å². The third-order valence-electron chi connectivity index (χ3n) is 7.53. The maximum atomic E-state index is 11.1. The van der Waals surface area contributed by atoms with Crippen LogP contribution in [0.2, 0.25) is 0 Å². The lowest BCUT2D eigenvalue weighted by molar-refractivity contribution is 0.452. The van der Waals surface area contributed by atoms with Crippen LogP contribution >= 0.6 is 44.2 Å². The molecule has 6 heteroatoms. The Balaban J connectivity index is 1.28. The zero-order valence-corrected chi connectivity index (χ0v) is 28.2. The number of phenolic OH excluding ortho intramolecular Hbond substituents is 2. The summed E-state index contributed by atoms with van der Waals surface area (Å²) in [4.78, 5) is 0. The molecule has 5 aromatic rings. The van der Waals surface area contributed by atoms with Gasteiger partial charge in [-0.05, 0) is 60.0 Å². The van der Waals surface area contributed by atoms with Crippen molar-refractivity contribution in [1.29, 1.82) is 0 Å². The molecule has 0 saturated heterocycles. The van der Waals surface area contributed by atoms with Crippen molar-refractivity contribution in [2.45, 2.75) is 24.2 Å². The highest BCUT2D eigenvalue weighted by Crippen LogP contribution is 2.55. The van der Waals surface area contributed by atoms with E-state index in [-0.39, 0.29) is 23.3 Å². The first-order chi connectivity index (χ1) is 20.5. The molecule has 2 atom stereocenters. The molecule has 0 fully saturated rings. The molecule has 214 valence electrons. The average Bonchev–Trinajstić information content (AvgIpc) is 3.03. The van der Waals surface area contributed by atoms with Crippen molar-refractivity contribution in [2.75, 3.05) is 12.3 Å².